The Morgan fingerprint density at radius 2 is 2.20 bits per heavy atom. The molecule has 0 aliphatic rings. The Bertz CT molecular complexity index is 630. The summed E-state index contributed by atoms with van der Waals surface area (Å²) in [5.41, 5.74) is 0.910. The van der Waals surface area contributed by atoms with Crippen molar-refractivity contribution in [2.24, 2.45) is 0 Å². The Morgan fingerprint density at radius 1 is 1.40 bits per heavy atom. The highest BCUT2D eigenvalue weighted by molar-refractivity contribution is 6.32. The van der Waals surface area contributed by atoms with E-state index in [2.05, 4.69) is 4.98 Å². The SMILES string of the molecule is COc1cccc(COc2ncc(C(=O)O)cc2Cl)c1. The summed E-state index contributed by atoms with van der Waals surface area (Å²) in [6.07, 6.45) is 1.20. The number of carboxylic acid groups (broad SMARTS) is 1. The lowest BCUT2D eigenvalue weighted by Crippen LogP contribution is -2.01. The largest absolute Gasteiger partial charge is 0.497 e. The average molecular weight is 294 g/mol. The van der Waals surface area contributed by atoms with Crippen LogP contribution >= 0.6 is 11.6 Å². The van der Waals surface area contributed by atoms with Crippen molar-refractivity contribution in [3.05, 3.63) is 52.7 Å². The van der Waals surface area contributed by atoms with Crippen LogP contribution in [0.25, 0.3) is 0 Å². The number of carboxylic acids is 1. The normalized spacial score (nSPS) is 10.1. The van der Waals surface area contributed by atoms with E-state index in [0.717, 1.165) is 11.3 Å². The highest BCUT2D eigenvalue weighted by atomic mass is 35.5. The van der Waals surface area contributed by atoms with Crippen LogP contribution in [0.15, 0.2) is 36.5 Å². The van der Waals surface area contributed by atoms with E-state index >= 15 is 0 Å². The van der Waals surface area contributed by atoms with E-state index in [1.165, 1.54) is 12.3 Å². The summed E-state index contributed by atoms with van der Waals surface area (Å²) < 4.78 is 10.6. The predicted molar refractivity (Wildman–Crippen MR) is 73.5 cm³/mol. The Kier molecular flexibility index (Phi) is 4.42. The first-order chi connectivity index (χ1) is 9.60. The van der Waals surface area contributed by atoms with Crippen LogP contribution in [0.1, 0.15) is 15.9 Å². The molecule has 1 aromatic heterocycles. The molecule has 20 heavy (non-hydrogen) atoms. The van der Waals surface area contributed by atoms with Gasteiger partial charge in [0, 0.05) is 6.20 Å². The van der Waals surface area contributed by atoms with Crippen LogP contribution in [0.2, 0.25) is 5.02 Å². The molecule has 0 saturated heterocycles. The third-order valence-electron chi connectivity index (χ3n) is 2.56. The van der Waals surface area contributed by atoms with Gasteiger partial charge >= 0.3 is 5.97 Å². The number of ether oxygens (including phenoxy) is 2. The molecule has 0 aliphatic heterocycles. The minimum absolute atomic E-state index is 0.0173. The summed E-state index contributed by atoms with van der Waals surface area (Å²) in [5.74, 6) is -0.162. The molecule has 2 aromatic rings. The Labute approximate surface area is 120 Å². The highest BCUT2D eigenvalue weighted by Gasteiger charge is 2.09. The van der Waals surface area contributed by atoms with Crippen molar-refractivity contribution in [2.75, 3.05) is 7.11 Å². The highest BCUT2D eigenvalue weighted by Crippen LogP contribution is 2.24. The number of hydrogen-bond donors (Lipinski definition) is 1. The van der Waals surface area contributed by atoms with Crippen LogP contribution in [0.4, 0.5) is 0 Å². The smallest absolute Gasteiger partial charge is 0.337 e. The predicted octanol–water partition coefficient (Wildman–Crippen LogP) is 3.02. The van der Waals surface area contributed by atoms with Gasteiger partial charge in [0.1, 0.15) is 17.4 Å². The van der Waals surface area contributed by atoms with Gasteiger partial charge < -0.3 is 14.6 Å². The maximum Gasteiger partial charge on any atom is 0.337 e. The number of benzene rings is 1. The average Bonchev–Trinajstić information content (AvgIpc) is 2.46. The van der Waals surface area contributed by atoms with Crippen molar-refractivity contribution in [3.63, 3.8) is 0 Å². The molecule has 0 atom stereocenters. The van der Waals surface area contributed by atoms with Crippen LogP contribution in [-0.4, -0.2) is 23.2 Å². The quantitative estimate of drug-likeness (QED) is 0.917. The van der Waals surface area contributed by atoms with Crippen LogP contribution in [0, 0.1) is 0 Å². The van der Waals surface area contributed by atoms with Crippen LogP contribution in [0.3, 0.4) is 0 Å². The van der Waals surface area contributed by atoms with E-state index < -0.39 is 5.97 Å². The van der Waals surface area contributed by atoms with Crippen molar-refractivity contribution in [3.8, 4) is 11.6 Å². The first-order valence-corrected chi connectivity index (χ1v) is 6.12. The van der Waals surface area contributed by atoms with Gasteiger partial charge in [-0.25, -0.2) is 9.78 Å². The molecule has 1 N–H and O–H groups in total. The van der Waals surface area contributed by atoms with Crippen molar-refractivity contribution >= 4 is 17.6 Å². The summed E-state index contributed by atoms with van der Waals surface area (Å²) >= 11 is 5.92. The molecule has 6 heteroatoms. The second-order valence-corrected chi connectivity index (χ2v) is 4.36. The lowest BCUT2D eigenvalue weighted by Gasteiger charge is -2.08. The van der Waals surface area contributed by atoms with Gasteiger partial charge in [-0.05, 0) is 23.8 Å². The Morgan fingerprint density at radius 3 is 2.85 bits per heavy atom. The number of carbonyl (C=O) groups is 1. The van der Waals surface area contributed by atoms with E-state index in [-0.39, 0.29) is 23.1 Å². The third-order valence-corrected chi connectivity index (χ3v) is 2.83. The molecule has 1 heterocycles. The van der Waals surface area contributed by atoms with Gasteiger partial charge in [0.15, 0.2) is 0 Å². The molecular formula is C14H12ClNO4. The van der Waals surface area contributed by atoms with Crippen LogP contribution in [-0.2, 0) is 6.61 Å². The first-order valence-electron chi connectivity index (χ1n) is 5.74. The molecule has 0 unspecified atom stereocenters. The summed E-state index contributed by atoms with van der Waals surface area (Å²) in [7, 11) is 1.59. The maximum absolute atomic E-state index is 10.8. The van der Waals surface area contributed by atoms with E-state index in [1.807, 2.05) is 24.3 Å². The number of methoxy groups -OCH3 is 1. The lowest BCUT2D eigenvalue weighted by atomic mass is 10.2. The molecule has 0 saturated carbocycles. The van der Waals surface area contributed by atoms with E-state index in [9.17, 15) is 4.79 Å². The molecule has 5 nitrogen and oxygen atoms in total. The number of aromatic nitrogens is 1. The molecule has 0 bridgehead atoms. The standard InChI is InChI=1S/C14H12ClNO4/c1-19-11-4-2-3-9(5-11)8-20-13-12(15)6-10(7-16-13)14(17)18/h2-7H,8H2,1H3,(H,17,18). The molecule has 0 spiro atoms. The van der Waals surface area contributed by atoms with Gasteiger partial charge in [0.25, 0.3) is 0 Å². The van der Waals surface area contributed by atoms with Crippen molar-refractivity contribution < 1.29 is 19.4 Å². The van der Waals surface area contributed by atoms with Gasteiger partial charge in [0.05, 0.1) is 12.7 Å². The zero-order valence-electron chi connectivity index (χ0n) is 10.7. The minimum atomic E-state index is -1.08. The summed E-state index contributed by atoms with van der Waals surface area (Å²) in [6, 6.07) is 8.69. The van der Waals surface area contributed by atoms with Crippen molar-refractivity contribution in [1.82, 2.24) is 4.98 Å². The number of hydrogen-bond acceptors (Lipinski definition) is 4. The molecule has 2 rings (SSSR count). The fourth-order valence-electron chi connectivity index (χ4n) is 1.56. The van der Waals surface area contributed by atoms with Gasteiger partial charge in [-0.3, -0.25) is 0 Å². The summed E-state index contributed by atoms with van der Waals surface area (Å²) in [5, 5.41) is 8.97. The summed E-state index contributed by atoms with van der Waals surface area (Å²) in [6.45, 7) is 0.260. The third kappa shape index (κ3) is 3.39. The Balaban J connectivity index is 2.08. The topological polar surface area (TPSA) is 68.7 Å². The molecule has 1 aromatic carbocycles. The number of rotatable bonds is 5. The van der Waals surface area contributed by atoms with E-state index in [4.69, 9.17) is 26.2 Å². The molecule has 104 valence electrons. The van der Waals surface area contributed by atoms with Crippen LogP contribution in [0.5, 0.6) is 11.6 Å². The lowest BCUT2D eigenvalue weighted by molar-refractivity contribution is 0.0696. The maximum atomic E-state index is 10.8. The monoisotopic (exact) mass is 293 g/mol. The fourth-order valence-corrected chi connectivity index (χ4v) is 1.78. The van der Waals surface area contributed by atoms with Gasteiger partial charge in [-0.2, -0.15) is 0 Å². The van der Waals surface area contributed by atoms with E-state index in [1.54, 1.807) is 7.11 Å². The summed E-state index contributed by atoms with van der Waals surface area (Å²) in [4.78, 5) is 14.7. The molecule has 0 amide bonds. The molecule has 0 radical (unpaired) electrons. The molecular weight excluding hydrogens is 282 g/mol. The van der Waals surface area contributed by atoms with Gasteiger partial charge in [-0.1, -0.05) is 23.7 Å². The first kappa shape index (κ1) is 14.1. The van der Waals surface area contributed by atoms with Gasteiger partial charge in [-0.15, -0.1) is 0 Å². The fraction of sp³-hybridized carbons (Fsp3) is 0.143. The zero-order chi connectivity index (χ0) is 14.5. The zero-order valence-corrected chi connectivity index (χ0v) is 11.4. The van der Waals surface area contributed by atoms with Crippen molar-refractivity contribution in [2.45, 2.75) is 6.61 Å². The van der Waals surface area contributed by atoms with Crippen molar-refractivity contribution in [1.29, 1.82) is 0 Å². The second kappa shape index (κ2) is 6.25. The second-order valence-electron chi connectivity index (χ2n) is 3.96. The van der Waals surface area contributed by atoms with Crippen LogP contribution < -0.4 is 9.47 Å². The number of aromatic carboxylic acids is 1. The molecule has 0 aliphatic carbocycles. The van der Waals surface area contributed by atoms with Gasteiger partial charge in [0.2, 0.25) is 5.88 Å². The minimum Gasteiger partial charge on any atom is -0.497 e. The Hall–Kier alpha value is -2.27. The number of halogens is 1. The molecule has 0 fully saturated rings. The number of nitrogens with zero attached hydrogens (tertiary/aromatic N) is 1. The number of pyridine rings is 1. The van der Waals surface area contributed by atoms with E-state index in [0.29, 0.717) is 0 Å².